The zero-order chi connectivity index (χ0) is 5.86. The van der Waals surface area contributed by atoms with Crippen molar-refractivity contribution in [3.05, 3.63) is 10.1 Å². The maximum atomic E-state index is 9.45. The Morgan fingerprint density at radius 3 is 2.43 bits per heavy atom. The summed E-state index contributed by atoms with van der Waals surface area (Å²) in [6.07, 6.45) is 0. The zero-order valence-electron chi connectivity index (χ0n) is 3.66. The molecule has 0 radical (unpaired) electrons. The number of hydrogen-bond acceptors (Lipinski definition) is 4. The van der Waals surface area contributed by atoms with E-state index >= 15 is 0 Å². The fourth-order valence-corrected chi connectivity index (χ4v) is 0.0365. The van der Waals surface area contributed by atoms with Crippen LogP contribution < -0.4 is 0 Å². The van der Waals surface area contributed by atoms with Gasteiger partial charge in [0, 0.05) is 0 Å². The normalized spacial score (nSPS) is 11.3. The molecule has 5 nitrogen and oxygen atoms in total. The predicted octanol–water partition coefficient (Wildman–Crippen LogP) is 0.0707. The molecule has 0 aliphatic rings. The largest absolute Gasteiger partial charge is 0.382 e. The second kappa shape index (κ2) is 2.12. The summed E-state index contributed by atoms with van der Waals surface area (Å²) in [7, 11) is 0. The van der Waals surface area contributed by atoms with E-state index in [2.05, 4.69) is 5.16 Å². The van der Waals surface area contributed by atoms with Crippen molar-refractivity contribution in [3.8, 4) is 0 Å². The molecule has 0 spiro atoms. The molecule has 0 amide bonds. The molecule has 0 rings (SSSR count). The van der Waals surface area contributed by atoms with Gasteiger partial charge in [0.15, 0.2) is 0 Å². The maximum Gasteiger partial charge on any atom is 0.382 e. The summed E-state index contributed by atoms with van der Waals surface area (Å²) in [5.41, 5.74) is 0. The molecule has 0 bridgehead atoms. The van der Waals surface area contributed by atoms with E-state index in [-0.39, 0.29) is 0 Å². The molecule has 1 N–H and O–H groups in total. The Morgan fingerprint density at radius 1 is 2.00 bits per heavy atom. The van der Waals surface area contributed by atoms with Crippen LogP contribution in [0.4, 0.5) is 0 Å². The summed E-state index contributed by atoms with van der Waals surface area (Å²) in [5, 5.41) is 19.4. The van der Waals surface area contributed by atoms with Crippen LogP contribution in [0, 0.1) is 10.1 Å². The van der Waals surface area contributed by atoms with E-state index in [9.17, 15) is 10.1 Å². The molecule has 0 aromatic rings. The van der Waals surface area contributed by atoms with Crippen LogP contribution in [0.5, 0.6) is 0 Å². The van der Waals surface area contributed by atoms with Gasteiger partial charge in [-0.1, -0.05) is 0 Å². The minimum atomic E-state index is -0.778. The molecule has 0 unspecified atom stereocenters. The summed E-state index contributed by atoms with van der Waals surface area (Å²) in [6.45, 7) is 1.10. The molecule has 0 aliphatic heterocycles. The van der Waals surface area contributed by atoms with Crippen molar-refractivity contribution >= 4 is 5.84 Å². The molecule has 0 saturated carbocycles. The first-order valence-corrected chi connectivity index (χ1v) is 1.51. The van der Waals surface area contributed by atoms with E-state index in [1.165, 1.54) is 0 Å². The molecular weight excluding hydrogens is 100 g/mol. The quantitative estimate of drug-likeness (QED) is 0.155. The van der Waals surface area contributed by atoms with Crippen molar-refractivity contribution in [2.45, 2.75) is 6.92 Å². The SMILES string of the molecule is CC(=NO)[N+](=O)[O-]. The Balaban J connectivity index is 3.82. The second-order valence-electron chi connectivity index (χ2n) is 0.904. The molecule has 7 heavy (non-hydrogen) atoms. The third-order valence-electron chi connectivity index (χ3n) is 0.409. The molecule has 0 atom stereocenters. The molecular formula is C2H4N2O3. The van der Waals surface area contributed by atoms with Gasteiger partial charge in [-0.15, -0.1) is 0 Å². The van der Waals surface area contributed by atoms with E-state index in [0.29, 0.717) is 0 Å². The number of rotatable bonds is 0. The Kier molecular flexibility index (Phi) is 1.78. The van der Waals surface area contributed by atoms with Crippen molar-refractivity contribution in [1.82, 2.24) is 0 Å². The van der Waals surface area contributed by atoms with Gasteiger partial charge >= 0.3 is 5.84 Å². The lowest BCUT2D eigenvalue weighted by atomic mass is 10.7. The highest BCUT2D eigenvalue weighted by Crippen LogP contribution is 1.71. The van der Waals surface area contributed by atoms with Crippen molar-refractivity contribution < 1.29 is 10.1 Å². The van der Waals surface area contributed by atoms with Crippen molar-refractivity contribution in [2.75, 3.05) is 0 Å². The van der Waals surface area contributed by atoms with E-state index in [0.717, 1.165) is 6.92 Å². The van der Waals surface area contributed by atoms with Crippen LogP contribution in [-0.2, 0) is 0 Å². The van der Waals surface area contributed by atoms with Crippen molar-refractivity contribution in [2.24, 2.45) is 5.16 Å². The van der Waals surface area contributed by atoms with Gasteiger partial charge in [-0.05, 0) is 4.92 Å². The van der Waals surface area contributed by atoms with Crippen LogP contribution in [0.15, 0.2) is 5.16 Å². The van der Waals surface area contributed by atoms with Gasteiger partial charge in [0.2, 0.25) is 0 Å². The molecule has 40 valence electrons. The van der Waals surface area contributed by atoms with Gasteiger partial charge in [-0.2, -0.15) is 0 Å². The van der Waals surface area contributed by atoms with Gasteiger partial charge in [0.05, 0.1) is 6.92 Å². The number of nitro groups is 1. The summed E-state index contributed by atoms with van der Waals surface area (Å²) in [5.74, 6) is -0.500. The van der Waals surface area contributed by atoms with E-state index in [1.54, 1.807) is 0 Å². The van der Waals surface area contributed by atoms with Gasteiger partial charge in [0.1, 0.15) is 5.16 Å². The first-order valence-electron chi connectivity index (χ1n) is 1.51. The Morgan fingerprint density at radius 2 is 2.43 bits per heavy atom. The highest BCUT2D eigenvalue weighted by molar-refractivity contribution is 5.69. The lowest BCUT2D eigenvalue weighted by molar-refractivity contribution is -0.353. The van der Waals surface area contributed by atoms with Crippen LogP contribution in [0.1, 0.15) is 6.92 Å². The van der Waals surface area contributed by atoms with Crippen molar-refractivity contribution in [1.29, 1.82) is 0 Å². The molecule has 0 saturated heterocycles. The number of nitrogens with zero attached hydrogens (tertiary/aromatic N) is 2. The Hall–Kier alpha value is -1.13. The molecule has 0 aromatic heterocycles. The number of hydrogen-bond donors (Lipinski definition) is 1. The first-order chi connectivity index (χ1) is 3.18. The number of amidine groups is 1. The lowest BCUT2D eigenvalue weighted by Gasteiger charge is -1.82. The van der Waals surface area contributed by atoms with Crippen molar-refractivity contribution in [3.63, 3.8) is 0 Å². The topological polar surface area (TPSA) is 75.7 Å². The highest BCUT2D eigenvalue weighted by atomic mass is 16.6. The predicted molar refractivity (Wildman–Crippen MR) is 21.9 cm³/mol. The number of oxime groups is 1. The summed E-state index contributed by atoms with van der Waals surface area (Å²) < 4.78 is 0. The van der Waals surface area contributed by atoms with Gasteiger partial charge in [-0.25, -0.2) is 0 Å². The summed E-state index contributed by atoms with van der Waals surface area (Å²) in [4.78, 5) is 8.67. The average molecular weight is 104 g/mol. The maximum absolute atomic E-state index is 9.45. The molecule has 0 fully saturated rings. The van der Waals surface area contributed by atoms with E-state index < -0.39 is 10.8 Å². The van der Waals surface area contributed by atoms with E-state index in [1.807, 2.05) is 0 Å². The average Bonchev–Trinajstić information content (AvgIpc) is 1.65. The Bertz CT molecular complexity index is 108. The van der Waals surface area contributed by atoms with Crippen LogP contribution in [0.2, 0.25) is 0 Å². The highest BCUT2D eigenvalue weighted by Gasteiger charge is 1.99. The van der Waals surface area contributed by atoms with Crippen LogP contribution in [-0.4, -0.2) is 16.0 Å². The van der Waals surface area contributed by atoms with Gasteiger partial charge in [-0.3, -0.25) is 0 Å². The minimum absolute atomic E-state index is 0.500. The minimum Gasteiger partial charge on any atom is -0.358 e. The Labute approximate surface area is 39.4 Å². The molecule has 5 heteroatoms. The smallest absolute Gasteiger partial charge is 0.358 e. The third-order valence-corrected chi connectivity index (χ3v) is 0.409. The van der Waals surface area contributed by atoms with Crippen LogP contribution in [0.25, 0.3) is 0 Å². The zero-order valence-corrected chi connectivity index (χ0v) is 3.66. The van der Waals surface area contributed by atoms with Gasteiger partial charge < -0.3 is 15.3 Å². The monoisotopic (exact) mass is 104 g/mol. The lowest BCUT2D eigenvalue weighted by Crippen LogP contribution is -2.05. The summed E-state index contributed by atoms with van der Waals surface area (Å²) in [6, 6.07) is 0. The van der Waals surface area contributed by atoms with E-state index in [4.69, 9.17) is 5.21 Å². The fourth-order valence-electron chi connectivity index (χ4n) is 0.0365. The standard InChI is InChI=1S/C2H4N2O3/c1-2(3-5)4(6)7/h5H,1H3. The second-order valence-corrected chi connectivity index (χ2v) is 0.904. The van der Waals surface area contributed by atoms with Gasteiger partial charge in [0.25, 0.3) is 0 Å². The van der Waals surface area contributed by atoms with Crippen LogP contribution in [0.3, 0.4) is 0 Å². The first kappa shape index (κ1) is 5.87. The van der Waals surface area contributed by atoms with Crippen LogP contribution >= 0.6 is 0 Å². The molecule has 0 aromatic carbocycles. The molecule has 0 heterocycles. The fraction of sp³-hybridized carbons (Fsp3) is 0.500. The third kappa shape index (κ3) is 1.69. The molecule has 0 aliphatic carbocycles. The summed E-state index contributed by atoms with van der Waals surface area (Å²) >= 11 is 0.